The number of H-pyrrole nitrogens is 1. The summed E-state index contributed by atoms with van der Waals surface area (Å²) in [6, 6.07) is 7.79. The molecule has 2 aromatic rings. The Morgan fingerprint density at radius 1 is 1.20 bits per heavy atom. The maximum absolute atomic E-state index is 11.7. The van der Waals surface area contributed by atoms with E-state index in [-0.39, 0.29) is 5.78 Å². The number of benzene rings is 1. The fraction of sp³-hybridized carbons (Fsp3) is 0.294. The minimum absolute atomic E-state index is 0.0339. The van der Waals surface area contributed by atoms with Crippen molar-refractivity contribution in [3.63, 3.8) is 0 Å². The van der Waals surface area contributed by atoms with E-state index in [1.807, 2.05) is 52.0 Å². The van der Waals surface area contributed by atoms with Gasteiger partial charge in [-0.15, -0.1) is 0 Å². The lowest BCUT2D eigenvalue weighted by molar-refractivity contribution is 0.101. The van der Waals surface area contributed by atoms with E-state index in [1.54, 1.807) is 0 Å². The molecule has 106 valence electrons. The molecule has 0 saturated heterocycles. The lowest BCUT2D eigenvalue weighted by Gasteiger charge is -2.04. The normalized spacial score (nSPS) is 9.65. The second-order valence-electron chi connectivity index (χ2n) is 4.46. The molecule has 1 aromatic heterocycles. The highest BCUT2D eigenvalue weighted by Gasteiger charge is 2.19. The first-order valence-corrected chi connectivity index (χ1v) is 6.80. The van der Waals surface area contributed by atoms with E-state index in [0.29, 0.717) is 16.8 Å². The van der Waals surface area contributed by atoms with E-state index in [9.17, 15) is 9.59 Å². The first-order chi connectivity index (χ1) is 9.54. The molecular weight excluding hydrogens is 250 g/mol. The molecule has 1 aromatic carbocycles. The van der Waals surface area contributed by atoms with Crippen molar-refractivity contribution >= 4 is 12.1 Å². The van der Waals surface area contributed by atoms with Crippen LogP contribution >= 0.6 is 0 Å². The number of Topliss-reactive ketones (excluding diaryl/α,β-unsaturated/α-hetero) is 1. The number of hydrogen-bond acceptors (Lipinski definition) is 2. The number of rotatable bonds is 3. The van der Waals surface area contributed by atoms with E-state index in [0.717, 1.165) is 23.1 Å². The molecule has 0 saturated carbocycles. The molecule has 3 nitrogen and oxygen atoms in total. The molecule has 0 aliphatic carbocycles. The highest BCUT2D eigenvalue weighted by molar-refractivity contribution is 6.06. The Morgan fingerprint density at radius 3 is 2.35 bits per heavy atom. The van der Waals surface area contributed by atoms with Gasteiger partial charge in [-0.3, -0.25) is 9.59 Å². The number of carbonyl (C=O) groups is 2. The zero-order valence-electron chi connectivity index (χ0n) is 12.7. The van der Waals surface area contributed by atoms with Crippen LogP contribution in [0.1, 0.15) is 52.9 Å². The van der Waals surface area contributed by atoms with Crippen LogP contribution in [0.15, 0.2) is 24.3 Å². The van der Waals surface area contributed by atoms with E-state index in [1.165, 1.54) is 6.92 Å². The van der Waals surface area contributed by atoms with Gasteiger partial charge in [0.15, 0.2) is 12.1 Å². The number of aromatic amines is 1. The number of hydrogen-bond donors (Lipinski definition) is 1. The summed E-state index contributed by atoms with van der Waals surface area (Å²) in [4.78, 5) is 25.8. The van der Waals surface area contributed by atoms with E-state index >= 15 is 0 Å². The number of aromatic nitrogens is 1. The molecule has 0 spiro atoms. The summed E-state index contributed by atoms with van der Waals surface area (Å²) < 4.78 is 0. The minimum Gasteiger partial charge on any atom is -0.355 e. The Hall–Kier alpha value is -2.16. The molecule has 0 atom stereocenters. The Morgan fingerprint density at radius 2 is 1.85 bits per heavy atom. The van der Waals surface area contributed by atoms with Gasteiger partial charge in [0.05, 0.1) is 5.69 Å². The Balaban J connectivity index is 0.000000956. The van der Waals surface area contributed by atoms with Gasteiger partial charge >= 0.3 is 0 Å². The Kier molecular flexibility index (Phi) is 5.44. The number of nitrogens with one attached hydrogen (secondary N) is 1. The smallest absolute Gasteiger partial charge is 0.166 e. The van der Waals surface area contributed by atoms with Gasteiger partial charge in [0, 0.05) is 16.8 Å². The molecule has 0 aliphatic rings. The maximum Gasteiger partial charge on any atom is 0.166 e. The summed E-state index contributed by atoms with van der Waals surface area (Å²) >= 11 is 0. The molecule has 0 bridgehead atoms. The van der Waals surface area contributed by atoms with Crippen LogP contribution in [-0.4, -0.2) is 17.1 Å². The van der Waals surface area contributed by atoms with Crippen LogP contribution in [0.2, 0.25) is 0 Å². The quantitative estimate of drug-likeness (QED) is 0.667. The molecule has 0 fully saturated rings. The van der Waals surface area contributed by atoms with Crippen LogP contribution in [0.5, 0.6) is 0 Å². The van der Waals surface area contributed by atoms with Crippen molar-refractivity contribution in [3.05, 3.63) is 46.8 Å². The maximum atomic E-state index is 11.7. The van der Waals surface area contributed by atoms with Crippen molar-refractivity contribution in [2.75, 3.05) is 0 Å². The van der Waals surface area contributed by atoms with E-state index < -0.39 is 0 Å². The second-order valence-corrected chi connectivity index (χ2v) is 4.46. The predicted octanol–water partition coefficient (Wildman–Crippen LogP) is 4.34. The van der Waals surface area contributed by atoms with Gasteiger partial charge in [-0.1, -0.05) is 43.7 Å². The van der Waals surface area contributed by atoms with Crippen LogP contribution in [0.4, 0.5) is 0 Å². The summed E-state index contributed by atoms with van der Waals surface area (Å²) in [6.07, 6.45) is 0.761. The average molecular weight is 271 g/mol. The third-order valence-electron chi connectivity index (χ3n) is 2.99. The summed E-state index contributed by atoms with van der Waals surface area (Å²) in [5, 5.41) is 0. The molecule has 20 heavy (non-hydrogen) atoms. The van der Waals surface area contributed by atoms with Crippen molar-refractivity contribution in [2.45, 2.75) is 34.6 Å². The lowest BCUT2D eigenvalue weighted by Crippen LogP contribution is -1.96. The predicted molar refractivity (Wildman–Crippen MR) is 82.4 cm³/mol. The number of ketones is 1. The van der Waals surface area contributed by atoms with Gasteiger partial charge in [-0.25, -0.2) is 0 Å². The zero-order chi connectivity index (χ0) is 15.3. The standard InChI is InChI=1S/C15H15NO2.C2H6/c1-9-5-4-6-12(7-9)15-13(8-17)16-10(2)14(15)11(3)18;1-2/h4-8,16H,1-3H3;1-2H3. The molecule has 3 heteroatoms. The summed E-state index contributed by atoms with van der Waals surface area (Å²) in [6.45, 7) is 9.31. The van der Waals surface area contributed by atoms with Crippen LogP contribution < -0.4 is 0 Å². The zero-order valence-corrected chi connectivity index (χ0v) is 12.7. The van der Waals surface area contributed by atoms with Crippen LogP contribution in [0.25, 0.3) is 11.1 Å². The van der Waals surface area contributed by atoms with Crippen molar-refractivity contribution in [3.8, 4) is 11.1 Å². The first kappa shape index (κ1) is 15.9. The third kappa shape index (κ3) is 3.05. The SMILES string of the molecule is CC.CC(=O)c1c(C)[nH]c(C=O)c1-c1cccc(C)c1. The molecule has 2 rings (SSSR count). The summed E-state index contributed by atoms with van der Waals surface area (Å²) in [5.41, 5.74) is 4.50. The van der Waals surface area contributed by atoms with Gasteiger partial charge in [-0.05, 0) is 26.3 Å². The van der Waals surface area contributed by atoms with Crippen LogP contribution in [0, 0.1) is 13.8 Å². The fourth-order valence-electron chi connectivity index (χ4n) is 2.28. The summed E-state index contributed by atoms with van der Waals surface area (Å²) in [7, 11) is 0. The number of aldehydes is 1. The first-order valence-electron chi connectivity index (χ1n) is 6.80. The molecular formula is C17H21NO2. The molecule has 0 aliphatic heterocycles. The van der Waals surface area contributed by atoms with E-state index in [2.05, 4.69) is 4.98 Å². The van der Waals surface area contributed by atoms with Crippen molar-refractivity contribution in [1.29, 1.82) is 0 Å². The van der Waals surface area contributed by atoms with Crippen LogP contribution in [-0.2, 0) is 0 Å². The Bertz CT molecular complexity index is 624. The van der Waals surface area contributed by atoms with Gasteiger partial charge in [0.25, 0.3) is 0 Å². The largest absolute Gasteiger partial charge is 0.355 e. The fourth-order valence-corrected chi connectivity index (χ4v) is 2.28. The van der Waals surface area contributed by atoms with Gasteiger partial charge in [0.1, 0.15) is 0 Å². The highest BCUT2D eigenvalue weighted by atomic mass is 16.1. The van der Waals surface area contributed by atoms with Crippen LogP contribution in [0.3, 0.4) is 0 Å². The van der Waals surface area contributed by atoms with Crippen molar-refractivity contribution < 1.29 is 9.59 Å². The molecule has 0 unspecified atom stereocenters. The summed E-state index contributed by atoms with van der Waals surface area (Å²) in [5.74, 6) is -0.0339. The molecule has 1 heterocycles. The third-order valence-corrected chi connectivity index (χ3v) is 2.99. The molecule has 0 amide bonds. The van der Waals surface area contributed by atoms with Crippen molar-refractivity contribution in [2.24, 2.45) is 0 Å². The topological polar surface area (TPSA) is 49.9 Å². The highest BCUT2D eigenvalue weighted by Crippen LogP contribution is 2.30. The molecule has 0 radical (unpaired) electrons. The molecule has 1 N–H and O–H groups in total. The minimum atomic E-state index is -0.0339. The van der Waals surface area contributed by atoms with Gasteiger partial charge in [0.2, 0.25) is 0 Å². The van der Waals surface area contributed by atoms with Crippen molar-refractivity contribution in [1.82, 2.24) is 4.98 Å². The monoisotopic (exact) mass is 271 g/mol. The van der Waals surface area contributed by atoms with E-state index in [4.69, 9.17) is 0 Å². The second kappa shape index (κ2) is 6.85. The number of aryl methyl sites for hydroxylation is 2. The lowest BCUT2D eigenvalue weighted by atomic mass is 9.97. The van der Waals surface area contributed by atoms with Gasteiger partial charge < -0.3 is 4.98 Å². The number of carbonyl (C=O) groups excluding carboxylic acids is 2. The average Bonchev–Trinajstić information content (AvgIpc) is 2.78. The van der Waals surface area contributed by atoms with Gasteiger partial charge in [-0.2, -0.15) is 0 Å². The Labute approximate surface area is 120 Å².